The van der Waals surface area contributed by atoms with Gasteiger partial charge in [-0.1, -0.05) is 13.8 Å². The highest BCUT2D eigenvalue weighted by molar-refractivity contribution is 5.37. The lowest BCUT2D eigenvalue weighted by molar-refractivity contribution is 0.466. The van der Waals surface area contributed by atoms with Crippen molar-refractivity contribution in [2.75, 3.05) is 5.32 Å². The standard InChI is InChI=1S/C14H19N3O/c1-9(2)12-7-14(16-8-15-12)17-11(4)13-6-5-10(3)18-13/h5-9,11H,1-4H3,(H,15,16,17). The summed E-state index contributed by atoms with van der Waals surface area (Å²) in [5, 5.41) is 3.32. The molecule has 0 aliphatic heterocycles. The van der Waals surface area contributed by atoms with E-state index in [1.54, 1.807) is 6.33 Å². The summed E-state index contributed by atoms with van der Waals surface area (Å²) in [5.74, 6) is 3.06. The van der Waals surface area contributed by atoms with E-state index in [1.807, 2.05) is 25.1 Å². The van der Waals surface area contributed by atoms with Crippen LogP contribution in [0.15, 0.2) is 28.9 Å². The molecule has 2 aromatic rings. The van der Waals surface area contributed by atoms with Crippen molar-refractivity contribution in [3.05, 3.63) is 41.7 Å². The molecule has 1 atom stereocenters. The van der Waals surface area contributed by atoms with Crippen LogP contribution in [0.25, 0.3) is 0 Å². The van der Waals surface area contributed by atoms with Crippen LogP contribution in [0.5, 0.6) is 0 Å². The first-order valence-electron chi connectivity index (χ1n) is 6.21. The highest BCUT2D eigenvalue weighted by Gasteiger charge is 2.11. The molecule has 0 radical (unpaired) electrons. The topological polar surface area (TPSA) is 51.0 Å². The van der Waals surface area contributed by atoms with Gasteiger partial charge in [-0.15, -0.1) is 0 Å². The molecule has 0 aliphatic carbocycles. The lowest BCUT2D eigenvalue weighted by atomic mass is 10.1. The molecular formula is C14H19N3O. The quantitative estimate of drug-likeness (QED) is 0.892. The molecule has 1 unspecified atom stereocenters. The molecule has 96 valence electrons. The fourth-order valence-corrected chi connectivity index (χ4v) is 1.75. The van der Waals surface area contributed by atoms with Gasteiger partial charge in [-0.2, -0.15) is 0 Å². The molecule has 18 heavy (non-hydrogen) atoms. The van der Waals surface area contributed by atoms with Crippen LogP contribution in [0.4, 0.5) is 5.82 Å². The Morgan fingerprint density at radius 3 is 2.56 bits per heavy atom. The summed E-state index contributed by atoms with van der Waals surface area (Å²) in [6, 6.07) is 6.02. The number of nitrogens with zero attached hydrogens (tertiary/aromatic N) is 2. The molecule has 4 nitrogen and oxygen atoms in total. The van der Waals surface area contributed by atoms with Crippen LogP contribution in [0.1, 0.15) is 49.9 Å². The van der Waals surface area contributed by atoms with E-state index in [0.29, 0.717) is 5.92 Å². The molecule has 0 spiro atoms. The predicted molar refractivity (Wildman–Crippen MR) is 71.6 cm³/mol. The van der Waals surface area contributed by atoms with Gasteiger partial charge in [0.25, 0.3) is 0 Å². The van der Waals surface area contributed by atoms with E-state index in [2.05, 4.69) is 36.1 Å². The maximum absolute atomic E-state index is 5.59. The first kappa shape index (κ1) is 12.6. The Morgan fingerprint density at radius 2 is 1.94 bits per heavy atom. The van der Waals surface area contributed by atoms with Gasteiger partial charge in [0.2, 0.25) is 0 Å². The second-order valence-electron chi connectivity index (χ2n) is 4.80. The van der Waals surface area contributed by atoms with Crippen LogP contribution in [0.2, 0.25) is 0 Å². The predicted octanol–water partition coefficient (Wildman–Crippen LogP) is 3.67. The van der Waals surface area contributed by atoms with Gasteiger partial charge in [-0.25, -0.2) is 9.97 Å². The number of aryl methyl sites for hydroxylation is 1. The lowest BCUT2D eigenvalue weighted by Crippen LogP contribution is -2.08. The number of rotatable bonds is 4. The first-order chi connectivity index (χ1) is 8.56. The van der Waals surface area contributed by atoms with Crippen molar-refractivity contribution in [1.29, 1.82) is 0 Å². The van der Waals surface area contributed by atoms with Gasteiger partial charge in [-0.3, -0.25) is 0 Å². The zero-order valence-electron chi connectivity index (χ0n) is 11.3. The Hall–Kier alpha value is -1.84. The fraction of sp³-hybridized carbons (Fsp3) is 0.429. The lowest BCUT2D eigenvalue weighted by Gasteiger charge is -2.13. The van der Waals surface area contributed by atoms with Crippen LogP contribution in [-0.2, 0) is 0 Å². The zero-order valence-corrected chi connectivity index (χ0v) is 11.3. The summed E-state index contributed by atoms with van der Waals surface area (Å²) in [6.07, 6.45) is 1.60. The van der Waals surface area contributed by atoms with Crippen molar-refractivity contribution in [2.24, 2.45) is 0 Å². The van der Waals surface area contributed by atoms with Crippen molar-refractivity contribution in [3.8, 4) is 0 Å². The molecule has 0 fully saturated rings. The van der Waals surface area contributed by atoms with E-state index in [0.717, 1.165) is 23.0 Å². The molecule has 2 rings (SSSR count). The van der Waals surface area contributed by atoms with Crippen LogP contribution in [0, 0.1) is 6.92 Å². The van der Waals surface area contributed by atoms with E-state index in [-0.39, 0.29) is 6.04 Å². The molecule has 0 aromatic carbocycles. The van der Waals surface area contributed by atoms with E-state index >= 15 is 0 Å². The van der Waals surface area contributed by atoms with Gasteiger partial charge in [0.1, 0.15) is 23.7 Å². The Bertz CT molecular complexity index is 519. The van der Waals surface area contributed by atoms with Gasteiger partial charge in [-0.05, 0) is 31.9 Å². The fourth-order valence-electron chi connectivity index (χ4n) is 1.75. The molecular weight excluding hydrogens is 226 g/mol. The highest BCUT2D eigenvalue weighted by Crippen LogP contribution is 2.21. The Kier molecular flexibility index (Phi) is 3.65. The Labute approximate surface area is 107 Å². The summed E-state index contributed by atoms with van der Waals surface area (Å²) in [7, 11) is 0. The largest absolute Gasteiger partial charge is 0.464 e. The molecule has 0 aliphatic rings. The third-order valence-electron chi connectivity index (χ3n) is 2.83. The second-order valence-corrected chi connectivity index (χ2v) is 4.80. The smallest absolute Gasteiger partial charge is 0.130 e. The number of nitrogens with one attached hydrogen (secondary N) is 1. The molecule has 0 bridgehead atoms. The highest BCUT2D eigenvalue weighted by atomic mass is 16.3. The van der Waals surface area contributed by atoms with Crippen LogP contribution in [0.3, 0.4) is 0 Å². The van der Waals surface area contributed by atoms with Crippen molar-refractivity contribution in [3.63, 3.8) is 0 Å². The van der Waals surface area contributed by atoms with Crippen LogP contribution >= 0.6 is 0 Å². The van der Waals surface area contributed by atoms with Gasteiger partial charge in [0.05, 0.1) is 6.04 Å². The van der Waals surface area contributed by atoms with Gasteiger partial charge in [0, 0.05) is 11.8 Å². The normalized spacial score (nSPS) is 12.7. The summed E-state index contributed by atoms with van der Waals surface area (Å²) < 4.78 is 5.59. The minimum absolute atomic E-state index is 0.0913. The van der Waals surface area contributed by atoms with Gasteiger partial charge < -0.3 is 9.73 Å². The second kappa shape index (κ2) is 5.21. The van der Waals surface area contributed by atoms with Crippen molar-refractivity contribution in [1.82, 2.24) is 9.97 Å². The van der Waals surface area contributed by atoms with Crippen molar-refractivity contribution in [2.45, 2.75) is 39.7 Å². The number of hydrogen-bond acceptors (Lipinski definition) is 4. The molecule has 1 N–H and O–H groups in total. The SMILES string of the molecule is Cc1ccc(C(C)Nc2cc(C(C)C)ncn2)o1. The number of hydrogen-bond donors (Lipinski definition) is 1. The minimum Gasteiger partial charge on any atom is -0.464 e. The van der Waals surface area contributed by atoms with E-state index in [9.17, 15) is 0 Å². The number of aromatic nitrogens is 2. The summed E-state index contributed by atoms with van der Waals surface area (Å²) in [5.41, 5.74) is 1.04. The Morgan fingerprint density at radius 1 is 1.17 bits per heavy atom. The summed E-state index contributed by atoms with van der Waals surface area (Å²) >= 11 is 0. The maximum Gasteiger partial charge on any atom is 0.130 e. The molecule has 2 heterocycles. The van der Waals surface area contributed by atoms with E-state index in [4.69, 9.17) is 4.42 Å². The Balaban J connectivity index is 2.11. The zero-order chi connectivity index (χ0) is 13.1. The molecule has 0 saturated carbocycles. The third kappa shape index (κ3) is 2.88. The van der Waals surface area contributed by atoms with Crippen molar-refractivity contribution < 1.29 is 4.42 Å². The van der Waals surface area contributed by atoms with Crippen molar-refractivity contribution >= 4 is 5.82 Å². The minimum atomic E-state index is 0.0913. The van der Waals surface area contributed by atoms with Crippen LogP contribution < -0.4 is 5.32 Å². The van der Waals surface area contributed by atoms with Gasteiger partial charge in [0.15, 0.2) is 0 Å². The first-order valence-corrected chi connectivity index (χ1v) is 6.21. The average molecular weight is 245 g/mol. The van der Waals surface area contributed by atoms with E-state index in [1.165, 1.54) is 0 Å². The monoisotopic (exact) mass is 245 g/mol. The average Bonchev–Trinajstić information content (AvgIpc) is 2.76. The third-order valence-corrected chi connectivity index (χ3v) is 2.83. The maximum atomic E-state index is 5.59. The number of anilines is 1. The summed E-state index contributed by atoms with van der Waals surface area (Å²) in [4.78, 5) is 8.48. The van der Waals surface area contributed by atoms with E-state index < -0.39 is 0 Å². The molecule has 0 amide bonds. The summed E-state index contributed by atoms with van der Waals surface area (Å²) in [6.45, 7) is 8.23. The number of furan rings is 1. The van der Waals surface area contributed by atoms with Crippen LogP contribution in [-0.4, -0.2) is 9.97 Å². The van der Waals surface area contributed by atoms with Gasteiger partial charge >= 0.3 is 0 Å². The molecule has 4 heteroatoms. The molecule has 0 saturated heterocycles. The molecule has 2 aromatic heterocycles.